The topological polar surface area (TPSA) is 70.7 Å². The van der Waals surface area contributed by atoms with E-state index in [2.05, 4.69) is 10.6 Å². The number of amides is 2. The molecule has 2 rings (SSSR count). The Morgan fingerprint density at radius 3 is 2.77 bits per heavy atom. The summed E-state index contributed by atoms with van der Waals surface area (Å²) < 4.78 is 5.06. The molecule has 0 atom stereocenters. The van der Waals surface area contributed by atoms with Gasteiger partial charge in [0.1, 0.15) is 5.75 Å². The molecule has 1 fully saturated rings. The Hall–Kier alpha value is -2.41. The highest BCUT2D eigenvalue weighted by molar-refractivity contribution is 7.80. The Morgan fingerprint density at radius 2 is 2.14 bits per heavy atom. The van der Waals surface area contributed by atoms with Gasteiger partial charge in [-0.3, -0.25) is 14.9 Å². The van der Waals surface area contributed by atoms with Gasteiger partial charge in [-0.15, -0.1) is 0 Å². The summed E-state index contributed by atoms with van der Waals surface area (Å²) in [6, 6.07) is 7.31. The van der Waals surface area contributed by atoms with Gasteiger partial charge in [0.2, 0.25) is 11.8 Å². The van der Waals surface area contributed by atoms with Gasteiger partial charge in [0.05, 0.1) is 13.7 Å². The molecule has 2 amide bonds. The van der Waals surface area contributed by atoms with Crippen molar-refractivity contribution in [1.29, 1.82) is 0 Å². The zero-order valence-corrected chi connectivity index (χ0v) is 13.0. The maximum absolute atomic E-state index is 11.8. The molecule has 1 aromatic carbocycles. The number of ether oxygens (including phenoxy) is 1. The van der Waals surface area contributed by atoms with Crippen molar-refractivity contribution >= 4 is 35.2 Å². The molecule has 6 nitrogen and oxygen atoms in total. The van der Waals surface area contributed by atoms with Crippen molar-refractivity contribution < 1.29 is 14.3 Å². The molecule has 0 saturated carbocycles. The van der Waals surface area contributed by atoms with Gasteiger partial charge >= 0.3 is 0 Å². The second kappa shape index (κ2) is 7.56. The Balaban J connectivity index is 1.87. The zero-order chi connectivity index (χ0) is 15.9. The molecule has 7 heteroatoms. The second-order valence-corrected chi connectivity index (χ2v) is 5.06. The quantitative estimate of drug-likeness (QED) is 0.629. The Bertz CT molecular complexity index is 599. The predicted molar refractivity (Wildman–Crippen MR) is 87.4 cm³/mol. The van der Waals surface area contributed by atoms with Crippen molar-refractivity contribution in [3.05, 3.63) is 35.9 Å². The number of nitrogens with zero attached hydrogens (tertiary/aromatic N) is 1. The lowest BCUT2D eigenvalue weighted by atomic mass is 10.2. The number of hydrogen-bond donors (Lipinski definition) is 2. The molecule has 0 aliphatic carbocycles. The highest BCUT2D eigenvalue weighted by atomic mass is 32.1. The molecule has 1 heterocycles. The van der Waals surface area contributed by atoms with E-state index in [0.717, 1.165) is 11.3 Å². The number of thiocarbonyl (C=S) groups is 1. The summed E-state index contributed by atoms with van der Waals surface area (Å²) >= 11 is 5.13. The minimum atomic E-state index is -0.327. The molecule has 0 bridgehead atoms. The van der Waals surface area contributed by atoms with Gasteiger partial charge in [0, 0.05) is 19.2 Å². The molecule has 1 aliphatic heterocycles. The third kappa shape index (κ3) is 4.56. The summed E-state index contributed by atoms with van der Waals surface area (Å²) in [5, 5.41) is 5.55. The fourth-order valence-corrected chi connectivity index (χ4v) is 2.18. The summed E-state index contributed by atoms with van der Waals surface area (Å²) in [7, 11) is 1.60. The van der Waals surface area contributed by atoms with Crippen LogP contribution in [0.2, 0.25) is 0 Å². The standard InChI is InChI=1S/C15H17N3O3S/c1-21-12-5-2-11(3-6-12)4-7-13(19)17-15(22)18-9-8-16-14(20)10-18/h2-7H,8-10H2,1H3,(H,16,20)(H,17,19,22)/b7-4+. The van der Waals surface area contributed by atoms with Crippen molar-refractivity contribution in [3.8, 4) is 5.75 Å². The largest absolute Gasteiger partial charge is 0.497 e. The predicted octanol–water partition coefficient (Wildman–Crippen LogP) is 0.541. The van der Waals surface area contributed by atoms with Crippen LogP contribution in [-0.2, 0) is 9.59 Å². The smallest absolute Gasteiger partial charge is 0.250 e. The monoisotopic (exact) mass is 319 g/mol. The van der Waals surface area contributed by atoms with E-state index in [1.54, 1.807) is 18.1 Å². The third-order valence-electron chi connectivity index (χ3n) is 3.10. The molecular weight excluding hydrogens is 302 g/mol. The Morgan fingerprint density at radius 1 is 1.41 bits per heavy atom. The van der Waals surface area contributed by atoms with Crippen LogP contribution in [0, 0.1) is 0 Å². The number of nitrogens with one attached hydrogen (secondary N) is 2. The van der Waals surface area contributed by atoms with Crippen molar-refractivity contribution in [1.82, 2.24) is 15.5 Å². The van der Waals surface area contributed by atoms with Gasteiger partial charge < -0.3 is 15.0 Å². The number of carbonyl (C=O) groups excluding carboxylic acids is 2. The summed E-state index contributed by atoms with van der Waals surface area (Å²) in [6.45, 7) is 1.28. The van der Waals surface area contributed by atoms with Crippen LogP contribution in [0.4, 0.5) is 0 Å². The second-order valence-electron chi connectivity index (χ2n) is 4.67. The van der Waals surface area contributed by atoms with Gasteiger partial charge in [0.15, 0.2) is 5.11 Å². The lowest BCUT2D eigenvalue weighted by Crippen LogP contribution is -2.53. The van der Waals surface area contributed by atoms with Crippen molar-refractivity contribution in [2.45, 2.75) is 0 Å². The molecule has 1 saturated heterocycles. The maximum atomic E-state index is 11.8. The fraction of sp³-hybridized carbons (Fsp3) is 0.267. The molecule has 1 aromatic rings. The van der Waals surface area contributed by atoms with Gasteiger partial charge in [0.25, 0.3) is 0 Å². The molecule has 22 heavy (non-hydrogen) atoms. The maximum Gasteiger partial charge on any atom is 0.250 e. The van der Waals surface area contributed by atoms with Gasteiger partial charge in [-0.1, -0.05) is 12.1 Å². The first kappa shape index (κ1) is 16.0. The minimum absolute atomic E-state index is 0.100. The molecular formula is C15H17N3O3S. The first-order chi connectivity index (χ1) is 10.6. The molecule has 0 radical (unpaired) electrons. The molecule has 0 aromatic heterocycles. The van der Waals surface area contributed by atoms with Crippen molar-refractivity contribution in [2.75, 3.05) is 26.7 Å². The molecule has 0 unspecified atom stereocenters. The lowest BCUT2D eigenvalue weighted by molar-refractivity contribution is -0.123. The van der Waals surface area contributed by atoms with Crippen LogP contribution in [0.3, 0.4) is 0 Å². The van der Waals surface area contributed by atoms with Crippen LogP contribution < -0.4 is 15.4 Å². The Labute approximate surface area is 134 Å². The van der Waals surface area contributed by atoms with Gasteiger partial charge in [-0.25, -0.2) is 0 Å². The minimum Gasteiger partial charge on any atom is -0.497 e. The SMILES string of the molecule is COc1ccc(/C=C/C(=O)NC(=S)N2CCNC(=O)C2)cc1. The molecule has 116 valence electrons. The summed E-state index contributed by atoms with van der Waals surface area (Å²) in [5.74, 6) is 0.328. The lowest BCUT2D eigenvalue weighted by Gasteiger charge is -2.28. The average molecular weight is 319 g/mol. The summed E-state index contributed by atoms with van der Waals surface area (Å²) in [6.07, 6.45) is 3.08. The van der Waals surface area contributed by atoms with E-state index in [9.17, 15) is 9.59 Å². The average Bonchev–Trinajstić information content (AvgIpc) is 2.53. The van der Waals surface area contributed by atoms with Crippen LogP contribution >= 0.6 is 12.2 Å². The number of methoxy groups -OCH3 is 1. The van der Waals surface area contributed by atoms with E-state index in [0.29, 0.717) is 13.1 Å². The van der Waals surface area contributed by atoms with E-state index >= 15 is 0 Å². The van der Waals surface area contributed by atoms with E-state index in [4.69, 9.17) is 17.0 Å². The number of hydrogen-bond acceptors (Lipinski definition) is 4. The van der Waals surface area contributed by atoms with E-state index in [1.165, 1.54) is 6.08 Å². The summed E-state index contributed by atoms with van der Waals surface area (Å²) in [5.41, 5.74) is 0.874. The number of benzene rings is 1. The van der Waals surface area contributed by atoms with Crippen LogP contribution in [0.1, 0.15) is 5.56 Å². The molecule has 2 N–H and O–H groups in total. The van der Waals surface area contributed by atoms with Crippen LogP contribution in [0.25, 0.3) is 6.08 Å². The first-order valence-corrected chi connectivity index (χ1v) is 7.18. The molecule has 1 aliphatic rings. The van der Waals surface area contributed by atoms with Crippen LogP contribution in [0.5, 0.6) is 5.75 Å². The van der Waals surface area contributed by atoms with Crippen molar-refractivity contribution in [3.63, 3.8) is 0 Å². The fourth-order valence-electron chi connectivity index (χ4n) is 1.92. The number of piperazine rings is 1. The van der Waals surface area contributed by atoms with Crippen LogP contribution in [0.15, 0.2) is 30.3 Å². The van der Waals surface area contributed by atoms with E-state index in [-0.39, 0.29) is 23.5 Å². The van der Waals surface area contributed by atoms with E-state index in [1.807, 2.05) is 24.3 Å². The highest BCUT2D eigenvalue weighted by Crippen LogP contribution is 2.12. The van der Waals surface area contributed by atoms with E-state index < -0.39 is 0 Å². The molecule has 0 spiro atoms. The zero-order valence-electron chi connectivity index (χ0n) is 12.2. The summed E-state index contributed by atoms with van der Waals surface area (Å²) in [4.78, 5) is 24.8. The Kier molecular flexibility index (Phi) is 5.48. The third-order valence-corrected chi connectivity index (χ3v) is 3.46. The first-order valence-electron chi connectivity index (χ1n) is 6.77. The number of rotatable bonds is 3. The van der Waals surface area contributed by atoms with Crippen molar-refractivity contribution in [2.24, 2.45) is 0 Å². The van der Waals surface area contributed by atoms with Crippen LogP contribution in [-0.4, -0.2) is 48.6 Å². The normalized spacial score (nSPS) is 14.6. The van der Waals surface area contributed by atoms with Gasteiger partial charge in [-0.05, 0) is 36.0 Å². The highest BCUT2D eigenvalue weighted by Gasteiger charge is 2.19. The van der Waals surface area contributed by atoms with Gasteiger partial charge in [-0.2, -0.15) is 0 Å². The number of carbonyl (C=O) groups is 2.